The highest BCUT2D eigenvalue weighted by molar-refractivity contribution is 5.66. The second-order valence-electron chi connectivity index (χ2n) is 14.1. The molecular formula is C41H83NO2. The first-order chi connectivity index (χ1) is 21.8. The molecule has 0 aliphatic carbocycles. The Bertz CT molecular complexity index is 523. The van der Waals surface area contributed by atoms with E-state index in [4.69, 9.17) is 4.74 Å². The van der Waals surface area contributed by atoms with Gasteiger partial charge in [0.2, 0.25) is 0 Å². The molecule has 264 valence electrons. The van der Waals surface area contributed by atoms with Gasteiger partial charge in [0.1, 0.15) is 0 Å². The van der Waals surface area contributed by atoms with Crippen LogP contribution in [-0.2, 0) is 4.74 Å². The van der Waals surface area contributed by atoms with E-state index >= 15 is 0 Å². The van der Waals surface area contributed by atoms with Crippen LogP contribution in [-0.4, -0.2) is 19.2 Å². The fourth-order valence-corrected chi connectivity index (χ4v) is 6.44. The summed E-state index contributed by atoms with van der Waals surface area (Å²) in [5, 5.41) is 2.93. The normalized spacial score (nSPS) is 11.3. The maximum absolute atomic E-state index is 11.9. The van der Waals surface area contributed by atoms with E-state index in [1.54, 1.807) is 0 Å². The maximum Gasteiger partial charge on any atom is 0.407 e. The van der Waals surface area contributed by atoms with Gasteiger partial charge in [0.15, 0.2) is 0 Å². The highest BCUT2D eigenvalue weighted by atomic mass is 16.5. The molecule has 0 saturated carbocycles. The summed E-state index contributed by atoms with van der Waals surface area (Å²) in [4.78, 5) is 11.9. The molecule has 1 N–H and O–H groups in total. The molecule has 0 aromatic rings. The summed E-state index contributed by atoms with van der Waals surface area (Å²) in [6.07, 6.45) is 49.6. The first-order valence-electron chi connectivity index (χ1n) is 20.7. The third kappa shape index (κ3) is 39.3. The van der Waals surface area contributed by atoms with Crippen molar-refractivity contribution < 1.29 is 9.53 Å². The Morgan fingerprint density at radius 2 is 0.568 bits per heavy atom. The van der Waals surface area contributed by atoms with Crippen molar-refractivity contribution in [3.8, 4) is 0 Å². The van der Waals surface area contributed by atoms with Crippen LogP contribution in [0.1, 0.15) is 245 Å². The zero-order valence-corrected chi connectivity index (χ0v) is 30.7. The summed E-state index contributed by atoms with van der Waals surface area (Å²) in [7, 11) is 0. The lowest BCUT2D eigenvalue weighted by molar-refractivity contribution is 0.143. The van der Waals surface area contributed by atoms with E-state index in [1.807, 2.05) is 0 Å². The van der Waals surface area contributed by atoms with Gasteiger partial charge in [-0.05, 0) is 12.8 Å². The van der Waals surface area contributed by atoms with Crippen molar-refractivity contribution in [3.05, 3.63) is 0 Å². The molecule has 0 spiro atoms. The topological polar surface area (TPSA) is 38.3 Å². The zero-order chi connectivity index (χ0) is 31.9. The lowest BCUT2D eigenvalue weighted by atomic mass is 10.0. The number of rotatable bonds is 38. The fourth-order valence-electron chi connectivity index (χ4n) is 6.44. The van der Waals surface area contributed by atoms with E-state index in [2.05, 4.69) is 19.2 Å². The minimum atomic E-state index is -0.219. The number of carbonyl (C=O) groups is 1. The highest BCUT2D eigenvalue weighted by Crippen LogP contribution is 2.16. The summed E-state index contributed by atoms with van der Waals surface area (Å²) in [5.41, 5.74) is 0. The average molecular weight is 622 g/mol. The molecule has 0 atom stereocenters. The second-order valence-corrected chi connectivity index (χ2v) is 14.1. The monoisotopic (exact) mass is 622 g/mol. The fraction of sp³-hybridized carbons (Fsp3) is 0.976. The quantitative estimate of drug-likeness (QED) is 0.0696. The van der Waals surface area contributed by atoms with Gasteiger partial charge in [0, 0.05) is 6.54 Å². The summed E-state index contributed by atoms with van der Waals surface area (Å²) in [5.74, 6) is 0. The van der Waals surface area contributed by atoms with Crippen molar-refractivity contribution in [1.82, 2.24) is 5.32 Å². The van der Waals surface area contributed by atoms with E-state index in [1.165, 1.54) is 218 Å². The first-order valence-corrected chi connectivity index (χ1v) is 20.7. The third-order valence-electron chi connectivity index (χ3n) is 9.53. The second kappa shape index (κ2) is 40.3. The molecule has 3 nitrogen and oxygen atoms in total. The van der Waals surface area contributed by atoms with Crippen LogP contribution in [0.15, 0.2) is 0 Å². The molecule has 3 heteroatoms. The Kier molecular flexibility index (Phi) is 39.6. The van der Waals surface area contributed by atoms with Crippen molar-refractivity contribution in [3.63, 3.8) is 0 Å². The summed E-state index contributed by atoms with van der Waals surface area (Å²) in [6, 6.07) is 0. The zero-order valence-electron chi connectivity index (χ0n) is 30.7. The van der Waals surface area contributed by atoms with Crippen molar-refractivity contribution in [2.45, 2.75) is 245 Å². The van der Waals surface area contributed by atoms with Crippen molar-refractivity contribution in [2.24, 2.45) is 0 Å². The molecule has 0 rings (SSSR count). The van der Waals surface area contributed by atoms with Gasteiger partial charge in [0.05, 0.1) is 6.61 Å². The van der Waals surface area contributed by atoms with Crippen LogP contribution in [0.4, 0.5) is 4.79 Å². The number of carbonyl (C=O) groups excluding carboxylic acids is 1. The van der Waals surface area contributed by atoms with Crippen LogP contribution in [0.25, 0.3) is 0 Å². The van der Waals surface area contributed by atoms with Gasteiger partial charge in [-0.2, -0.15) is 0 Å². The van der Waals surface area contributed by atoms with Gasteiger partial charge in [0.25, 0.3) is 0 Å². The van der Waals surface area contributed by atoms with Crippen LogP contribution >= 0.6 is 0 Å². The van der Waals surface area contributed by atoms with Crippen molar-refractivity contribution in [1.29, 1.82) is 0 Å². The molecule has 44 heavy (non-hydrogen) atoms. The van der Waals surface area contributed by atoms with Crippen LogP contribution < -0.4 is 5.32 Å². The van der Waals surface area contributed by atoms with Gasteiger partial charge in [-0.3, -0.25) is 0 Å². The van der Waals surface area contributed by atoms with Gasteiger partial charge in [-0.1, -0.05) is 232 Å². The number of alkyl carbamates (subject to hydrolysis) is 1. The summed E-state index contributed by atoms with van der Waals surface area (Å²) < 4.78 is 5.36. The molecule has 0 aliphatic rings. The number of ether oxygens (including phenoxy) is 1. The number of hydrogen-bond donors (Lipinski definition) is 1. The Labute approximate surface area is 278 Å². The smallest absolute Gasteiger partial charge is 0.407 e. The number of nitrogens with one attached hydrogen (secondary N) is 1. The van der Waals surface area contributed by atoms with E-state index in [0.717, 1.165) is 19.4 Å². The summed E-state index contributed by atoms with van der Waals surface area (Å²) in [6.45, 7) is 5.92. The predicted molar refractivity (Wildman–Crippen MR) is 197 cm³/mol. The van der Waals surface area contributed by atoms with Crippen molar-refractivity contribution >= 4 is 6.09 Å². The molecule has 0 bridgehead atoms. The Morgan fingerprint density at radius 1 is 0.341 bits per heavy atom. The minimum Gasteiger partial charge on any atom is -0.450 e. The number of unbranched alkanes of at least 4 members (excludes halogenated alkanes) is 34. The van der Waals surface area contributed by atoms with Crippen LogP contribution in [0, 0.1) is 0 Å². The lowest BCUT2D eigenvalue weighted by Crippen LogP contribution is -2.25. The van der Waals surface area contributed by atoms with Crippen molar-refractivity contribution in [2.75, 3.05) is 13.2 Å². The van der Waals surface area contributed by atoms with Gasteiger partial charge >= 0.3 is 6.09 Å². The number of hydrogen-bond acceptors (Lipinski definition) is 2. The third-order valence-corrected chi connectivity index (χ3v) is 9.53. The first kappa shape index (κ1) is 43.3. The van der Waals surface area contributed by atoms with E-state index in [-0.39, 0.29) is 6.09 Å². The van der Waals surface area contributed by atoms with E-state index in [9.17, 15) is 4.79 Å². The van der Waals surface area contributed by atoms with E-state index in [0.29, 0.717) is 6.61 Å². The molecule has 0 saturated heterocycles. The molecule has 0 radical (unpaired) electrons. The minimum absolute atomic E-state index is 0.219. The number of amides is 1. The Balaban J connectivity index is 3.14. The molecule has 0 aromatic heterocycles. The molecule has 0 aliphatic heterocycles. The van der Waals surface area contributed by atoms with Gasteiger partial charge in [-0.15, -0.1) is 0 Å². The SMILES string of the molecule is CCCCCCCCCCCCCCCCCCCCCCOC(=O)NCCCCCCCCCCCCCCCCCC. The highest BCUT2D eigenvalue weighted by Gasteiger charge is 2.01. The van der Waals surface area contributed by atoms with Gasteiger partial charge < -0.3 is 10.1 Å². The molecule has 0 unspecified atom stereocenters. The molecule has 1 amide bonds. The Hall–Kier alpha value is -0.730. The van der Waals surface area contributed by atoms with Crippen LogP contribution in [0.2, 0.25) is 0 Å². The molecular weight excluding hydrogens is 538 g/mol. The molecule has 0 aromatic carbocycles. The largest absolute Gasteiger partial charge is 0.450 e. The van der Waals surface area contributed by atoms with Gasteiger partial charge in [-0.25, -0.2) is 4.79 Å². The summed E-state index contributed by atoms with van der Waals surface area (Å²) >= 11 is 0. The molecule has 0 heterocycles. The van der Waals surface area contributed by atoms with E-state index < -0.39 is 0 Å². The van der Waals surface area contributed by atoms with Crippen LogP contribution in [0.5, 0.6) is 0 Å². The standard InChI is InChI=1S/C41H83NO2/c1-3-5-7-9-11-13-15-17-19-21-22-23-24-26-28-30-32-34-36-38-40-44-41(43)42-39-37-35-33-31-29-27-25-20-18-16-14-12-10-8-6-4-2/h3-40H2,1-2H3,(H,42,43). The maximum atomic E-state index is 11.9. The average Bonchev–Trinajstić information content (AvgIpc) is 3.03. The Morgan fingerprint density at radius 3 is 0.841 bits per heavy atom. The lowest BCUT2D eigenvalue weighted by Gasteiger charge is -2.07. The van der Waals surface area contributed by atoms with Crippen LogP contribution in [0.3, 0.4) is 0 Å². The molecule has 0 fully saturated rings. The predicted octanol–water partition coefficient (Wildman–Crippen LogP) is 14.8.